The molecule has 1 fully saturated rings. The summed E-state index contributed by atoms with van der Waals surface area (Å²) >= 11 is 1.68. The summed E-state index contributed by atoms with van der Waals surface area (Å²) < 4.78 is 1.19. The number of hydrogen-bond donors (Lipinski definition) is 1. The third-order valence-corrected chi connectivity index (χ3v) is 6.26. The molecule has 140 valence electrons. The fourth-order valence-electron chi connectivity index (χ4n) is 3.73. The van der Waals surface area contributed by atoms with Crippen LogP contribution in [0.25, 0.3) is 10.2 Å². The number of amides is 1. The lowest BCUT2D eigenvalue weighted by molar-refractivity contribution is -0.121. The van der Waals surface area contributed by atoms with Crippen molar-refractivity contribution in [2.75, 3.05) is 19.6 Å². The molecule has 1 atom stereocenters. The van der Waals surface area contributed by atoms with Gasteiger partial charge in [-0.05, 0) is 43.6 Å². The van der Waals surface area contributed by atoms with Crippen LogP contribution in [0, 0.1) is 0 Å². The fraction of sp³-hybridized carbons (Fsp3) is 0.364. The number of para-hydroxylation sites is 1. The maximum Gasteiger partial charge on any atom is 0.220 e. The summed E-state index contributed by atoms with van der Waals surface area (Å²) in [5.74, 6) is 0.106. The van der Waals surface area contributed by atoms with Crippen LogP contribution >= 0.6 is 11.3 Å². The number of fused-ring (bicyclic) bond motifs is 1. The Morgan fingerprint density at radius 1 is 1.07 bits per heavy atom. The molecule has 1 aliphatic rings. The Balaban J connectivity index is 1.33. The van der Waals surface area contributed by atoms with E-state index < -0.39 is 0 Å². The number of aromatic nitrogens is 1. The Kier molecular flexibility index (Phi) is 5.80. The van der Waals surface area contributed by atoms with Gasteiger partial charge in [0.15, 0.2) is 0 Å². The van der Waals surface area contributed by atoms with Gasteiger partial charge < -0.3 is 5.32 Å². The van der Waals surface area contributed by atoms with Crippen LogP contribution in [0.1, 0.15) is 35.9 Å². The molecule has 2 heterocycles. The molecular formula is C22H25N3OS. The first-order chi connectivity index (χ1) is 13.3. The molecule has 1 unspecified atom stereocenters. The van der Waals surface area contributed by atoms with Gasteiger partial charge in [-0.15, -0.1) is 11.3 Å². The van der Waals surface area contributed by atoms with Gasteiger partial charge in [-0.25, -0.2) is 4.98 Å². The molecule has 0 aliphatic carbocycles. The topological polar surface area (TPSA) is 45.2 Å². The molecule has 1 aliphatic heterocycles. The molecule has 1 aromatic heterocycles. The van der Waals surface area contributed by atoms with Crippen molar-refractivity contribution in [1.29, 1.82) is 0 Å². The van der Waals surface area contributed by atoms with Crippen molar-refractivity contribution in [3.05, 3.63) is 65.2 Å². The Labute approximate surface area is 164 Å². The van der Waals surface area contributed by atoms with Gasteiger partial charge in [-0.3, -0.25) is 9.69 Å². The zero-order chi connectivity index (χ0) is 18.5. The van der Waals surface area contributed by atoms with Gasteiger partial charge in [0.25, 0.3) is 0 Å². The molecule has 0 radical (unpaired) electrons. The van der Waals surface area contributed by atoms with Crippen molar-refractivity contribution in [2.45, 2.75) is 31.7 Å². The Morgan fingerprint density at radius 2 is 1.81 bits per heavy atom. The van der Waals surface area contributed by atoms with Crippen LogP contribution in [-0.4, -0.2) is 35.4 Å². The zero-order valence-corrected chi connectivity index (χ0v) is 16.3. The van der Waals surface area contributed by atoms with Crippen molar-refractivity contribution < 1.29 is 4.79 Å². The molecule has 1 N–H and O–H groups in total. The van der Waals surface area contributed by atoms with E-state index in [2.05, 4.69) is 45.5 Å². The van der Waals surface area contributed by atoms with E-state index in [1.165, 1.54) is 23.1 Å². The summed E-state index contributed by atoms with van der Waals surface area (Å²) in [6, 6.07) is 18.9. The number of aryl methyl sites for hydroxylation is 1. The maximum absolute atomic E-state index is 12.4. The van der Waals surface area contributed by atoms with Crippen LogP contribution in [0.3, 0.4) is 0 Å². The Bertz CT molecular complexity index is 854. The van der Waals surface area contributed by atoms with Crippen molar-refractivity contribution >= 4 is 27.5 Å². The monoisotopic (exact) mass is 379 g/mol. The highest BCUT2D eigenvalue weighted by Crippen LogP contribution is 2.25. The minimum absolute atomic E-state index is 0.106. The molecule has 0 spiro atoms. The van der Waals surface area contributed by atoms with Gasteiger partial charge in [-0.1, -0.05) is 42.5 Å². The summed E-state index contributed by atoms with van der Waals surface area (Å²) in [7, 11) is 0. The molecule has 1 amide bonds. The maximum atomic E-state index is 12.4. The number of carbonyl (C=O) groups excluding carboxylic acids is 1. The van der Waals surface area contributed by atoms with Crippen molar-refractivity contribution in [1.82, 2.24) is 15.2 Å². The minimum Gasteiger partial charge on any atom is -0.354 e. The Morgan fingerprint density at radius 3 is 2.59 bits per heavy atom. The predicted molar refractivity (Wildman–Crippen MR) is 111 cm³/mol. The second-order valence-corrected chi connectivity index (χ2v) is 8.16. The lowest BCUT2D eigenvalue weighted by Gasteiger charge is -2.28. The van der Waals surface area contributed by atoms with Crippen molar-refractivity contribution in [2.24, 2.45) is 0 Å². The quantitative estimate of drug-likeness (QED) is 0.670. The number of nitrogens with one attached hydrogen (secondary N) is 1. The number of likely N-dealkylation sites (tertiary alicyclic amines) is 1. The highest BCUT2D eigenvalue weighted by molar-refractivity contribution is 7.18. The molecule has 3 aromatic rings. The van der Waals surface area contributed by atoms with E-state index in [9.17, 15) is 4.79 Å². The first-order valence-electron chi connectivity index (χ1n) is 9.70. The normalized spacial score (nSPS) is 15.9. The van der Waals surface area contributed by atoms with Gasteiger partial charge in [0, 0.05) is 19.4 Å². The highest BCUT2D eigenvalue weighted by Gasteiger charge is 2.23. The van der Waals surface area contributed by atoms with Crippen LogP contribution < -0.4 is 5.32 Å². The molecule has 0 saturated carbocycles. The number of hydrogen-bond acceptors (Lipinski definition) is 4. The van der Waals surface area contributed by atoms with Crippen molar-refractivity contribution in [3.63, 3.8) is 0 Å². The van der Waals surface area contributed by atoms with Gasteiger partial charge >= 0.3 is 0 Å². The smallest absolute Gasteiger partial charge is 0.220 e. The summed E-state index contributed by atoms with van der Waals surface area (Å²) in [6.07, 6.45) is 3.68. The summed E-state index contributed by atoms with van der Waals surface area (Å²) in [4.78, 5) is 19.5. The largest absolute Gasteiger partial charge is 0.354 e. The van der Waals surface area contributed by atoms with E-state index >= 15 is 0 Å². The van der Waals surface area contributed by atoms with Crippen LogP contribution in [0.5, 0.6) is 0 Å². The lowest BCUT2D eigenvalue weighted by atomic mass is 10.1. The molecule has 5 heteroatoms. The number of benzene rings is 2. The fourth-order valence-corrected chi connectivity index (χ4v) is 4.70. The molecule has 2 aromatic carbocycles. The van der Waals surface area contributed by atoms with Crippen LogP contribution in [-0.2, 0) is 11.2 Å². The second kappa shape index (κ2) is 8.63. The van der Waals surface area contributed by atoms with Crippen LogP contribution in [0.15, 0.2) is 54.6 Å². The predicted octanol–water partition coefficient (Wildman–Crippen LogP) is 4.18. The third-order valence-electron chi connectivity index (χ3n) is 5.16. The van der Waals surface area contributed by atoms with Crippen molar-refractivity contribution in [3.8, 4) is 0 Å². The summed E-state index contributed by atoms with van der Waals surface area (Å²) in [5, 5.41) is 4.19. The molecule has 4 nitrogen and oxygen atoms in total. The van der Waals surface area contributed by atoms with E-state index in [0.29, 0.717) is 19.4 Å². The molecule has 1 saturated heterocycles. The van der Waals surface area contributed by atoms with Crippen LogP contribution in [0.2, 0.25) is 0 Å². The summed E-state index contributed by atoms with van der Waals surface area (Å²) in [5.41, 5.74) is 2.31. The van der Waals surface area contributed by atoms with E-state index in [-0.39, 0.29) is 11.9 Å². The summed E-state index contributed by atoms with van der Waals surface area (Å²) in [6.45, 7) is 2.89. The molecule has 0 bridgehead atoms. The lowest BCUT2D eigenvalue weighted by Crippen LogP contribution is -2.36. The highest BCUT2D eigenvalue weighted by atomic mass is 32.1. The van der Waals surface area contributed by atoms with E-state index in [4.69, 9.17) is 0 Å². The molecular weight excluding hydrogens is 354 g/mol. The Hall–Kier alpha value is -2.24. The van der Waals surface area contributed by atoms with Gasteiger partial charge in [0.2, 0.25) is 5.91 Å². The average molecular weight is 380 g/mol. The molecule has 4 rings (SSSR count). The van der Waals surface area contributed by atoms with Gasteiger partial charge in [-0.2, -0.15) is 0 Å². The SMILES string of the molecule is O=C(CCc1nc2ccccc2s1)NCC(c1ccccc1)N1CCCC1. The van der Waals surface area contributed by atoms with Gasteiger partial charge in [0.1, 0.15) is 0 Å². The number of rotatable bonds is 7. The average Bonchev–Trinajstić information content (AvgIpc) is 3.37. The first kappa shape index (κ1) is 18.1. The second-order valence-electron chi connectivity index (χ2n) is 7.05. The molecule has 27 heavy (non-hydrogen) atoms. The number of carbonyl (C=O) groups is 1. The van der Waals surface area contributed by atoms with E-state index in [1.807, 2.05) is 24.3 Å². The van der Waals surface area contributed by atoms with Gasteiger partial charge in [0.05, 0.1) is 21.3 Å². The zero-order valence-electron chi connectivity index (χ0n) is 15.4. The van der Waals surface area contributed by atoms with E-state index in [1.54, 1.807) is 11.3 Å². The first-order valence-corrected chi connectivity index (χ1v) is 10.5. The minimum atomic E-state index is 0.106. The third kappa shape index (κ3) is 4.54. The number of nitrogens with zero attached hydrogens (tertiary/aromatic N) is 2. The van der Waals surface area contributed by atoms with Crippen LogP contribution in [0.4, 0.5) is 0 Å². The number of thiazole rings is 1. The standard InChI is InChI=1S/C22H25N3OS/c26-21(12-13-22-24-18-10-4-5-11-20(18)27-22)23-16-19(25-14-6-7-15-25)17-8-2-1-3-9-17/h1-5,8-11,19H,6-7,12-16H2,(H,23,26). The van der Waals surface area contributed by atoms with E-state index in [0.717, 1.165) is 23.6 Å².